The third kappa shape index (κ3) is 5.05. The fraction of sp³-hybridized carbons (Fsp3) is 0.381. The van der Waals surface area contributed by atoms with Crippen molar-refractivity contribution in [1.82, 2.24) is 9.80 Å². The SMILES string of the molecule is CCc1ccc(NC(=O)N2CCN(CCc3ccc(F)cc3)CC2)cc1. The van der Waals surface area contributed by atoms with Crippen LogP contribution in [-0.2, 0) is 12.8 Å². The molecular weight excluding hydrogens is 329 g/mol. The molecule has 1 N–H and O–H groups in total. The molecule has 0 saturated carbocycles. The first-order chi connectivity index (χ1) is 12.6. The highest BCUT2D eigenvalue weighted by Crippen LogP contribution is 2.12. The van der Waals surface area contributed by atoms with Crippen LogP contribution in [0, 0.1) is 5.82 Å². The van der Waals surface area contributed by atoms with Crippen molar-refractivity contribution >= 4 is 11.7 Å². The molecule has 5 heteroatoms. The van der Waals surface area contributed by atoms with Crippen LogP contribution in [0.2, 0.25) is 0 Å². The molecule has 1 fully saturated rings. The highest BCUT2D eigenvalue weighted by atomic mass is 19.1. The third-order valence-corrected chi connectivity index (χ3v) is 4.90. The van der Waals surface area contributed by atoms with E-state index in [9.17, 15) is 9.18 Å². The summed E-state index contributed by atoms with van der Waals surface area (Å²) in [4.78, 5) is 16.6. The number of anilines is 1. The number of carbonyl (C=O) groups excluding carboxylic acids is 1. The molecule has 3 rings (SSSR count). The summed E-state index contributed by atoms with van der Waals surface area (Å²) in [6.07, 6.45) is 1.89. The summed E-state index contributed by atoms with van der Waals surface area (Å²) in [6.45, 7) is 6.22. The molecule has 0 bridgehead atoms. The van der Waals surface area contributed by atoms with Gasteiger partial charge in [-0.3, -0.25) is 4.90 Å². The van der Waals surface area contributed by atoms with E-state index in [1.54, 1.807) is 0 Å². The number of aryl methyl sites for hydroxylation is 1. The number of piperazine rings is 1. The predicted molar refractivity (Wildman–Crippen MR) is 103 cm³/mol. The Hall–Kier alpha value is -2.40. The minimum atomic E-state index is -0.197. The predicted octanol–water partition coefficient (Wildman–Crippen LogP) is 3.78. The summed E-state index contributed by atoms with van der Waals surface area (Å²) in [6, 6.07) is 14.6. The van der Waals surface area contributed by atoms with Gasteiger partial charge >= 0.3 is 6.03 Å². The molecule has 2 aromatic carbocycles. The Kier molecular flexibility index (Phi) is 6.23. The van der Waals surface area contributed by atoms with E-state index < -0.39 is 0 Å². The number of rotatable bonds is 5. The Morgan fingerprint density at radius 2 is 1.58 bits per heavy atom. The zero-order valence-electron chi connectivity index (χ0n) is 15.2. The molecule has 1 heterocycles. The van der Waals surface area contributed by atoms with E-state index in [-0.39, 0.29) is 11.8 Å². The molecule has 0 unspecified atom stereocenters. The molecule has 2 amide bonds. The quantitative estimate of drug-likeness (QED) is 0.886. The molecule has 4 nitrogen and oxygen atoms in total. The number of carbonyl (C=O) groups is 1. The van der Waals surface area contributed by atoms with Gasteiger partial charge in [-0.05, 0) is 48.2 Å². The molecule has 0 aliphatic carbocycles. The number of hydrogen-bond acceptors (Lipinski definition) is 2. The molecular formula is C21H26FN3O. The first kappa shape index (κ1) is 18.4. The number of halogens is 1. The lowest BCUT2D eigenvalue weighted by atomic mass is 10.1. The molecule has 1 aliphatic rings. The van der Waals surface area contributed by atoms with Crippen LogP contribution in [0.15, 0.2) is 48.5 Å². The van der Waals surface area contributed by atoms with Crippen molar-refractivity contribution in [3.8, 4) is 0 Å². The average Bonchev–Trinajstić information content (AvgIpc) is 2.68. The fourth-order valence-corrected chi connectivity index (χ4v) is 3.14. The van der Waals surface area contributed by atoms with Crippen LogP contribution in [0.3, 0.4) is 0 Å². The normalized spacial score (nSPS) is 15.1. The van der Waals surface area contributed by atoms with Gasteiger partial charge in [0.25, 0.3) is 0 Å². The van der Waals surface area contributed by atoms with Gasteiger partial charge < -0.3 is 10.2 Å². The van der Waals surface area contributed by atoms with Crippen molar-refractivity contribution in [3.63, 3.8) is 0 Å². The lowest BCUT2D eigenvalue weighted by Gasteiger charge is -2.34. The number of hydrogen-bond donors (Lipinski definition) is 1. The smallest absolute Gasteiger partial charge is 0.321 e. The Bertz CT molecular complexity index is 707. The van der Waals surface area contributed by atoms with E-state index in [1.807, 2.05) is 41.3 Å². The van der Waals surface area contributed by atoms with Gasteiger partial charge in [0.1, 0.15) is 5.82 Å². The van der Waals surface area contributed by atoms with Crippen molar-refractivity contribution in [2.45, 2.75) is 19.8 Å². The monoisotopic (exact) mass is 355 g/mol. The first-order valence-corrected chi connectivity index (χ1v) is 9.25. The summed E-state index contributed by atoms with van der Waals surface area (Å²) in [7, 11) is 0. The Balaban J connectivity index is 1.42. The second-order valence-electron chi connectivity index (χ2n) is 6.69. The summed E-state index contributed by atoms with van der Waals surface area (Å²) < 4.78 is 12.9. The van der Waals surface area contributed by atoms with Crippen LogP contribution in [0.5, 0.6) is 0 Å². The summed E-state index contributed by atoms with van der Waals surface area (Å²) in [5, 5.41) is 2.97. The van der Waals surface area contributed by atoms with Gasteiger partial charge in [-0.15, -0.1) is 0 Å². The largest absolute Gasteiger partial charge is 0.322 e. The maximum Gasteiger partial charge on any atom is 0.321 e. The maximum atomic E-state index is 12.9. The Morgan fingerprint density at radius 3 is 2.19 bits per heavy atom. The van der Waals surface area contributed by atoms with Gasteiger partial charge in [0.2, 0.25) is 0 Å². The first-order valence-electron chi connectivity index (χ1n) is 9.25. The molecule has 1 aliphatic heterocycles. The van der Waals surface area contributed by atoms with Crippen molar-refractivity contribution in [3.05, 3.63) is 65.5 Å². The lowest BCUT2D eigenvalue weighted by molar-refractivity contribution is 0.148. The summed E-state index contributed by atoms with van der Waals surface area (Å²) in [5.74, 6) is -0.197. The van der Waals surface area contributed by atoms with E-state index in [4.69, 9.17) is 0 Å². The number of nitrogens with zero attached hydrogens (tertiary/aromatic N) is 2. The maximum absolute atomic E-state index is 12.9. The average molecular weight is 355 g/mol. The summed E-state index contributed by atoms with van der Waals surface area (Å²) >= 11 is 0. The van der Waals surface area contributed by atoms with E-state index in [2.05, 4.69) is 17.1 Å². The van der Waals surface area contributed by atoms with E-state index in [0.717, 1.165) is 56.8 Å². The van der Waals surface area contributed by atoms with Crippen LogP contribution in [-0.4, -0.2) is 48.6 Å². The third-order valence-electron chi connectivity index (χ3n) is 4.90. The Labute approximate surface area is 154 Å². The summed E-state index contributed by atoms with van der Waals surface area (Å²) in [5.41, 5.74) is 3.24. The lowest BCUT2D eigenvalue weighted by Crippen LogP contribution is -2.50. The van der Waals surface area contributed by atoms with Crippen LogP contribution in [0.1, 0.15) is 18.1 Å². The van der Waals surface area contributed by atoms with Gasteiger partial charge in [0, 0.05) is 38.4 Å². The van der Waals surface area contributed by atoms with Crippen LogP contribution in [0.25, 0.3) is 0 Å². The van der Waals surface area contributed by atoms with Crippen LogP contribution < -0.4 is 5.32 Å². The molecule has 138 valence electrons. The molecule has 2 aromatic rings. The van der Waals surface area contributed by atoms with Crippen LogP contribution >= 0.6 is 0 Å². The second kappa shape index (κ2) is 8.81. The number of nitrogens with one attached hydrogen (secondary N) is 1. The van der Waals surface area contributed by atoms with Gasteiger partial charge in [0.15, 0.2) is 0 Å². The van der Waals surface area contributed by atoms with Crippen LogP contribution in [0.4, 0.5) is 14.9 Å². The van der Waals surface area contributed by atoms with E-state index in [0.29, 0.717) is 0 Å². The van der Waals surface area contributed by atoms with E-state index >= 15 is 0 Å². The van der Waals surface area contributed by atoms with Gasteiger partial charge in [0.05, 0.1) is 0 Å². The molecule has 0 spiro atoms. The Morgan fingerprint density at radius 1 is 0.962 bits per heavy atom. The van der Waals surface area contributed by atoms with Crippen molar-refractivity contribution in [2.24, 2.45) is 0 Å². The number of amides is 2. The van der Waals surface area contributed by atoms with Crippen molar-refractivity contribution in [2.75, 3.05) is 38.0 Å². The van der Waals surface area contributed by atoms with Gasteiger partial charge in [-0.25, -0.2) is 9.18 Å². The highest BCUT2D eigenvalue weighted by Gasteiger charge is 2.20. The highest BCUT2D eigenvalue weighted by molar-refractivity contribution is 5.89. The fourth-order valence-electron chi connectivity index (χ4n) is 3.14. The zero-order chi connectivity index (χ0) is 18.4. The van der Waals surface area contributed by atoms with E-state index in [1.165, 1.54) is 17.7 Å². The molecule has 0 atom stereocenters. The minimum absolute atomic E-state index is 0.0348. The van der Waals surface area contributed by atoms with Crippen molar-refractivity contribution in [1.29, 1.82) is 0 Å². The van der Waals surface area contributed by atoms with Gasteiger partial charge in [-0.1, -0.05) is 31.2 Å². The van der Waals surface area contributed by atoms with Crippen molar-refractivity contribution < 1.29 is 9.18 Å². The number of benzene rings is 2. The topological polar surface area (TPSA) is 35.6 Å². The standard InChI is InChI=1S/C21H26FN3O/c1-2-17-5-9-20(10-6-17)23-21(26)25-15-13-24(14-16-25)12-11-18-3-7-19(22)8-4-18/h3-10H,2,11-16H2,1H3,(H,23,26). The second-order valence-corrected chi connectivity index (χ2v) is 6.69. The van der Waals surface area contributed by atoms with Gasteiger partial charge in [-0.2, -0.15) is 0 Å². The molecule has 1 saturated heterocycles. The molecule has 0 aromatic heterocycles. The molecule has 26 heavy (non-hydrogen) atoms. The number of urea groups is 1. The molecule has 0 radical (unpaired) electrons. The zero-order valence-corrected chi connectivity index (χ0v) is 15.2. The minimum Gasteiger partial charge on any atom is -0.322 e.